The Morgan fingerprint density at radius 2 is 2.31 bits per heavy atom. The summed E-state index contributed by atoms with van der Waals surface area (Å²) in [5.41, 5.74) is 0.555. The van der Waals surface area contributed by atoms with Gasteiger partial charge in [0, 0.05) is 19.9 Å². The lowest BCUT2D eigenvalue weighted by atomic mass is 10.4. The Kier molecular flexibility index (Phi) is 3.52. The van der Waals surface area contributed by atoms with Gasteiger partial charge in [-0.3, -0.25) is 0 Å². The molecule has 0 radical (unpaired) electrons. The van der Waals surface area contributed by atoms with Gasteiger partial charge in [0.25, 0.3) is 0 Å². The Balaban J connectivity index is 2.71. The second-order valence-electron chi connectivity index (χ2n) is 2.57. The van der Waals surface area contributed by atoms with E-state index in [0.29, 0.717) is 18.8 Å². The van der Waals surface area contributed by atoms with Gasteiger partial charge in [0.05, 0.1) is 13.7 Å². The van der Waals surface area contributed by atoms with Crippen LogP contribution in [0.3, 0.4) is 0 Å². The molecule has 0 aliphatic heterocycles. The van der Waals surface area contributed by atoms with Crippen molar-refractivity contribution in [3.63, 3.8) is 0 Å². The highest BCUT2D eigenvalue weighted by Gasteiger charge is 2.09. The average Bonchev–Trinajstić information content (AvgIpc) is 2.61. The summed E-state index contributed by atoms with van der Waals surface area (Å²) in [6, 6.07) is 3.53. The second kappa shape index (κ2) is 4.67. The molecule has 13 heavy (non-hydrogen) atoms. The number of carbonyl (C=O) groups excluding carboxylic acids is 1. The second-order valence-corrected chi connectivity index (χ2v) is 2.57. The van der Waals surface area contributed by atoms with E-state index in [2.05, 4.69) is 4.74 Å². The van der Waals surface area contributed by atoms with Crippen LogP contribution in [0.4, 0.5) is 0 Å². The zero-order valence-corrected chi connectivity index (χ0v) is 7.82. The molecule has 1 heterocycles. The molecule has 1 rings (SSSR count). The SMILES string of the molecule is COCCn1cccc1C(=O)OC. The first kappa shape index (κ1) is 9.80. The molecule has 0 aliphatic rings. The van der Waals surface area contributed by atoms with Gasteiger partial charge in [-0.2, -0.15) is 0 Å². The molecule has 0 spiro atoms. The van der Waals surface area contributed by atoms with E-state index >= 15 is 0 Å². The third-order valence-electron chi connectivity index (χ3n) is 1.76. The number of nitrogens with zero attached hydrogens (tertiary/aromatic N) is 1. The first-order valence-corrected chi connectivity index (χ1v) is 4.02. The number of esters is 1. The number of ether oxygens (including phenoxy) is 2. The quantitative estimate of drug-likeness (QED) is 0.652. The van der Waals surface area contributed by atoms with Crippen LogP contribution in [0.1, 0.15) is 10.5 Å². The molecule has 0 fully saturated rings. The lowest BCUT2D eigenvalue weighted by molar-refractivity contribution is 0.0586. The average molecular weight is 183 g/mol. The molecule has 1 aromatic heterocycles. The molecule has 4 nitrogen and oxygen atoms in total. The Bertz CT molecular complexity index is 280. The number of rotatable bonds is 4. The molecule has 4 heteroatoms. The molecule has 1 aromatic rings. The van der Waals surface area contributed by atoms with Gasteiger partial charge in [-0.25, -0.2) is 4.79 Å². The van der Waals surface area contributed by atoms with Crippen molar-refractivity contribution in [2.45, 2.75) is 6.54 Å². The van der Waals surface area contributed by atoms with Crippen molar-refractivity contribution < 1.29 is 14.3 Å². The molecule has 0 atom stereocenters. The fraction of sp³-hybridized carbons (Fsp3) is 0.444. The van der Waals surface area contributed by atoms with Crippen molar-refractivity contribution in [1.29, 1.82) is 0 Å². The summed E-state index contributed by atoms with van der Waals surface area (Å²) in [7, 11) is 3.00. The summed E-state index contributed by atoms with van der Waals surface area (Å²) in [6.07, 6.45) is 1.82. The minimum absolute atomic E-state index is 0.318. The maximum absolute atomic E-state index is 11.2. The van der Waals surface area contributed by atoms with E-state index in [4.69, 9.17) is 4.74 Å². The van der Waals surface area contributed by atoms with Crippen molar-refractivity contribution in [1.82, 2.24) is 4.57 Å². The van der Waals surface area contributed by atoms with Gasteiger partial charge in [0.1, 0.15) is 5.69 Å². The third-order valence-corrected chi connectivity index (χ3v) is 1.76. The van der Waals surface area contributed by atoms with E-state index in [-0.39, 0.29) is 5.97 Å². The van der Waals surface area contributed by atoms with Gasteiger partial charge in [0.2, 0.25) is 0 Å². The molecular weight excluding hydrogens is 170 g/mol. The molecule has 0 aromatic carbocycles. The van der Waals surface area contributed by atoms with Crippen molar-refractivity contribution in [3.05, 3.63) is 24.0 Å². The van der Waals surface area contributed by atoms with Crippen molar-refractivity contribution >= 4 is 5.97 Å². The van der Waals surface area contributed by atoms with Gasteiger partial charge in [-0.05, 0) is 12.1 Å². The van der Waals surface area contributed by atoms with Crippen LogP contribution in [0.2, 0.25) is 0 Å². The first-order valence-electron chi connectivity index (χ1n) is 4.02. The van der Waals surface area contributed by atoms with E-state index in [9.17, 15) is 4.79 Å². The fourth-order valence-corrected chi connectivity index (χ4v) is 1.09. The van der Waals surface area contributed by atoms with E-state index in [1.165, 1.54) is 7.11 Å². The summed E-state index contributed by atoms with van der Waals surface area (Å²) >= 11 is 0. The highest BCUT2D eigenvalue weighted by molar-refractivity contribution is 5.87. The summed E-state index contributed by atoms with van der Waals surface area (Å²) in [4.78, 5) is 11.2. The summed E-state index contributed by atoms with van der Waals surface area (Å²) in [6.45, 7) is 1.24. The van der Waals surface area contributed by atoms with E-state index in [1.54, 1.807) is 17.7 Å². The molecule has 0 saturated heterocycles. The van der Waals surface area contributed by atoms with Crippen molar-refractivity contribution in [2.75, 3.05) is 20.8 Å². The summed E-state index contributed by atoms with van der Waals surface area (Å²) in [5.74, 6) is -0.318. The van der Waals surface area contributed by atoms with Crippen molar-refractivity contribution in [2.24, 2.45) is 0 Å². The predicted molar refractivity (Wildman–Crippen MR) is 47.6 cm³/mol. The Morgan fingerprint density at radius 1 is 1.54 bits per heavy atom. The highest BCUT2D eigenvalue weighted by atomic mass is 16.5. The topological polar surface area (TPSA) is 40.5 Å². The lowest BCUT2D eigenvalue weighted by Crippen LogP contribution is -2.12. The smallest absolute Gasteiger partial charge is 0.354 e. The predicted octanol–water partition coefficient (Wildman–Crippen LogP) is 0.921. The minimum Gasteiger partial charge on any atom is -0.464 e. The van der Waals surface area contributed by atoms with Crippen LogP contribution in [-0.2, 0) is 16.0 Å². The number of hydrogen-bond donors (Lipinski definition) is 0. The molecule has 0 unspecified atom stereocenters. The fourth-order valence-electron chi connectivity index (χ4n) is 1.09. The minimum atomic E-state index is -0.318. The van der Waals surface area contributed by atoms with E-state index in [1.807, 2.05) is 12.3 Å². The standard InChI is InChI=1S/C9H13NO3/c1-12-7-6-10-5-3-4-8(10)9(11)13-2/h3-5H,6-7H2,1-2H3. The largest absolute Gasteiger partial charge is 0.464 e. The molecule has 0 N–H and O–H groups in total. The van der Waals surface area contributed by atoms with Gasteiger partial charge in [-0.15, -0.1) is 0 Å². The third kappa shape index (κ3) is 2.32. The zero-order chi connectivity index (χ0) is 9.68. The van der Waals surface area contributed by atoms with Gasteiger partial charge in [0.15, 0.2) is 0 Å². The zero-order valence-electron chi connectivity index (χ0n) is 7.82. The van der Waals surface area contributed by atoms with Crippen LogP contribution >= 0.6 is 0 Å². The summed E-state index contributed by atoms with van der Waals surface area (Å²) in [5, 5.41) is 0. The van der Waals surface area contributed by atoms with Gasteiger partial charge >= 0.3 is 5.97 Å². The molecule has 0 saturated carbocycles. The lowest BCUT2D eigenvalue weighted by Gasteiger charge is -2.06. The molecule has 0 amide bonds. The molecular formula is C9H13NO3. The van der Waals surface area contributed by atoms with E-state index in [0.717, 1.165) is 0 Å². The summed E-state index contributed by atoms with van der Waals surface area (Å²) < 4.78 is 11.3. The number of methoxy groups -OCH3 is 2. The van der Waals surface area contributed by atoms with Crippen LogP contribution in [0.15, 0.2) is 18.3 Å². The normalized spacial score (nSPS) is 10.0. The van der Waals surface area contributed by atoms with Crippen molar-refractivity contribution in [3.8, 4) is 0 Å². The van der Waals surface area contributed by atoms with Crippen LogP contribution in [0.5, 0.6) is 0 Å². The first-order chi connectivity index (χ1) is 6.29. The Labute approximate surface area is 77.1 Å². The molecule has 0 aliphatic carbocycles. The monoisotopic (exact) mass is 183 g/mol. The van der Waals surface area contributed by atoms with Crippen LogP contribution < -0.4 is 0 Å². The number of carbonyl (C=O) groups is 1. The van der Waals surface area contributed by atoms with Crippen LogP contribution in [-0.4, -0.2) is 31.4 Å². The molecule has 0 bridgehead atoms. The Hall–Kier alpha value is -1.29. The van der Waals surface area contributed by atoms with Crippen LogP contribution in [0.25, 0.3) is 0 Å². The maximum atomic E-state index is 11.2. The Morgan fingerprint density at radius 3 is 2.92 bits per heavy atom. The van der Waals surface area contributed by atoms with Crippen LogP contribution in [0, 0.1) is 0 Å². The molecule has 72 valence electrons. The maximum Gasteiger partial charge on any atom is 0.354 e. The van der Waals surface area contributed by atoms with Gasteiger partial charge < -0.3 is 14.0 Å². The number of aromatic nitrogens is 1. The van der Waals surface area contributed by atoms with Gasteiger partial charge in [-0.1, -0.05) is 0 Å². The van der Waals surface area contributed by atoms with E-state index < -0.39 is 0 Å². The highest BCUT2D eigenvalue weighted by Crippen LogP contribution is 2.03. The number of hydrogen-bond acceptors (Lipinski definition) is 3.